The Kier molecular flexibility index (Phi) is 7.32. The molecule has 1 aliphatic heterocycles. The van der Waals surface area contributed by atoms with E-state index in [0.717, 1.165) is 11.1 Å². The van der Waals surface area contributed by atoms with Gasteiger partial charge in [0.05, 0.1) is 30.0 Å². The molecule has 1 amide bonds. The number of allylic oxidation sites excluding steroid dienone is 1. The van der Waals surface area contributed by atoms with Crippen LogP contribution in [0.5, 0.6) is 17.2 Å². The van der Waals surface area contributed by atoms with Gasteiger partial charge in [-0.2, -0.15) is 10.1 Å². The predicted octanol–water partition coefficient (Wildman–Crippen LogP) is 5.56. The Bertz CT molecular complexity index is 1500. The third-order valence-corrected chi connectivity index (χ3v) is 6.78. The average molecular weight is 576 g/mol. The molecule has 0 bridgehead atoms. The third-order valence-electron chi connectivity index (χ3n) is 6.19. The van der Waals surface area contributed by atoms with Gasteiger partial charge in [-0.25, -0.2) is 4.68 Å². The molecule has 2 N–H and O–H groups in total. The minimum Gasteiger partial charge on any atom is -0.495 e. The van der Waals surface area contributed by atoms with E-state index in [4.69, 9.17) is 14.2 Å². The van der Waals surface area contributed by atoms with Gasteiger partial charge in [0.25, 0.3) is 5.91 Å². The third kappa shape index (κ3) is 4.95. The van der Waals surface area contributed by atoms with Gasteiger partial charge >= 0.3 is 0 Å². The standard InChI is InChI=1S/C28H26BrN5O4/c1-17-24(27(35)33-21-11-7-8-12-22(21)36-2)25(34-28(32-17)30-16-31-34)19-13-20(29)26(23(14-19)37-3)38-15-18-9-5-4-6-10-18/h4-14,16,25H,15H2,1-3H3,(H,33,35)(H,30,31,32). The number of amides is 1. The van der Waals surface area contributed by atoms with E-state index in [2.05, 4.69) is 36.6 Å². The van der Waals surface area contributed by atoms with E-state index in [9.17, 15) is 4.79 Å². The van der Waals surface area contributed by atoms with Gasteiger partial charge in [0.15, 0.2) is 11.5 Å². The molecule has 0 saturated carbocycles. The number of hydrogen-bond donors (Lipinski definition) is 2. The molecule has 1 aromatic heterocycles. The molecule has 1 aliphatic rings. The Balaban J connectivity index is 1.53. The van der Waals surface area contributed by atoms with E-state index < -0.39 is 6.04 Å². The van der Waals surface area contributed by atoms with Crippen molar-refractivity contribution in [3.63, 3.8) is 0 Å². The number of halogens is 1. The van der Waals surface area contributed by atoms with Crippen molar-refractivity contribution in [2.75, 3.05) is 24.9 Å². The van der Waals surface area contributed by atoms with E-state index >= 15 is 0 Å². The van der Waals surface area contributed by atoms with E-state index in [1.54, 1.807) is 31.0 Å². The number of ether oxygens (including phenoxy) is 3. The Morgan fingerprint density at radius 2 is 1.79 bits per heavy atom. The quantitative estimate of drug-likeness (QED) is 0.283. The van der Waals surface area contributed by atoms with E-state index in [-0.39, 0.29) is 5.91 Å². The minimum atomic E-state index is -0.586. The summed E-state index contributed by atoms with van der Waals surface area (Å²) in [6.45, 7) is 2.22. The molecule has 5 rings (SSSR count). The van der Waals surface area contributed by atoms with Crippen LogP contribution in [0.15, 0.2) is 88.8 Å². The number of aromatic nitrogens is 3. The van der Waals surface area contributed by atoms with Crippen LogP contribution in [0.25, 0.3) is 0 Å². The number of anilines is 2. The minimum absolute atomic E-state index is 0.301. The van der Waals surface area contributed by atoms with Crippen LogP contribution in [0.1, 0.15) is 24.1 Å². The van der Waals surface area contributed by atoms with Gasteiger partial charge in [-0.3, -0.25) is 4.79 Å². The second-order valence-electron chi connectivity index (χ2n) is 8.56. The van der Waals surface area contributed by atoms with Crippen LogP contribution in [-0.2, 0) is 11.4 Å². The van der Waals surface area contributed by atoms with Crippen LogP contribution in [0.3, 0.4) is 0 Å². The Labute approximate surface area is 228 Å². The lowest BCUT2D eigenvalue weighted by molar-refractivity contribution is -0.113. The molecule has 2 heterocycles. The summed E-state index contributed by atoms with van der Waals surface area (Å²) < 4.78 is 19.6. The summed E-state index contributed by atoms with van der Waals surface area (Å²) in [5.41, 5.74) is 3.48. The number of nitrogens with zero attached hydrogens (tertiary/aromatic N) is 3. The number of para-hydroxylation sites is 2. The molecule has 1 unspecified atom stereocenters. The SMILES string of the molecule is COc1ccccc1NC(=O)C1=C(C)Nc2ncnn2C1c1cc(Br)c(OCc2ccccc2)c(OC)c1. The van der Waals surface area contributed by atoms with Crippen LogP contribution >= 0.6 is 15.9 Å². The number of benzene rings is 3. The second kappa shape index (κ2) is 11.0. The van der Waals surface area contributed by atoms with Gasteiger partial charge in [0, 0.05) is 5.70 Å². The zero-order chi connectivity index (χ0) is 26.6. The molecule has 9 nitrogen and oxygen atoms in total. The highest BCUT2D eigenvalue weighted by Crippen LogP contribution is 2.43. The zero-order valence-electron chi connectivity index (χ0n) is 21.1. The summed E-state index contributed by atoms with van der Waals surface area (Å²) in [7, 11) is 3.15. The number of methoxy groups -OCH3 is 2. The maximum absolute atomic E-state index is 13.7. The molecule has 0 fully saturated rings. The van der Waals surface area contributed by atoms with Gasteiger partial charge in [0.2, 0.25) is 5.95 Å². The summed E-state index contributed by atoms with van der Waals surface area (Å²) in [4.78, 5) is 18.1. The summed E-state index contributed by atoms with van der Waals surface area (Å²) in [6, 6.07) is 20.3. The Morgan fingerprint density at radius 3 is 2.55 bits per heavy atom. The highest BCUT2D eigenvalue weighted by molar-refractivity contribution is 9.10. The van der Waals surface area contributed by atoms with E-state index in [0.29, 0.717) is 51.2 Å². The number of hydrogen-bond acceptors (Lipinski definition) is 7. The van der Waals surface area contributed by atoms with Gasteiger partial charge in [-0.1, -0.05) is 42.5 Å². The molecular formula is C28H26BrN5O4. The average Bonchev–Trinajstić information content (AvgIpc) is 3.40. The van der Waals surface area contributed by atoms with Crippen molar-refractivity contribution in [3.05, 3.63) is 99.9 Å². The van der Waals surface area contributed by atoms with Gasteiger partial charge in [0.1, 0.15) is 24.7 Å². The van der Waals surface area contributed by atoms with Crippen LogP contribution in [0, 0.1) is 0 Å². The van der Waals surface area contributed by atoms with Crippen molar-refractivity contribution >= 4 is 33.5 Å². The molecule has 1 atom stereocenters. The maximum Gasteiger partial charge on any atom is 0.255 e. The lowest BCUT2D eigenvalue weighted by Gasteiger charge is -2.29. The molecule has 3 aromatic carbocycles. The Morgan fingerprint density at radius 1 is 1.05 bits per heavy atom. The first kappa shape index (κ1) is 25.3. The molecule has 10 heteroatoms. The van der Waals surface area contributed by atoms with Crippen molar-refractivity contribution in [2.45, 2.75) is 19.6 Å². The van der Waals surface area contributed by atoms with E-state index in [1.807, 2.05) is 61.5 Å². The maximum atomic E-state index is 13.7. The summed E-state index contributed by atoms with van der Waals surface area (Å²) in [5, 5.41) is 10.6. The van der Waals surface area contributed by atoms with Gasteiger partial charge in [-0.15, -0.1) is 0 Å². The van der Waals surface area contributed by atoms with Crippen LogP contribution in [0.4, 0.5) is 11.6 Å². The first-order chi connectivity index (χ1) is 18.5. The Hall–Kier alpha value is -4.31. The van der Waals surface area contributed by atoms with Crippen molar-refractivity contribution < 1.29 is 19.0 Å². The number of nitrogens with one attached hydrogen (secondary N) is 2. The van der Waals surface area contributed by atoms with Crippen LogP contribution < -0.4 is 24.8 Å². The molecule has 4 aromatic rings. The van der Waals surface area contributed by atoms with Crippen molar-refractivity contribution in [1.29, 1.82) is 0 Å². The first-order valence-corrected chi connectivity index (χ1v) is 12.6. The normalized spacial score (nSPS) is 14.4. The zero-order valence-corrected chi connectivity index (χ0v) is 22.7. The van der Waals surface area contributed by atoms with Gasteiger partial charge < -0.3 is 24.8 Å². The monoisotopic (exact) mass is 575 g/mol. The molecule has 194 valence electrons. The molecule has 0 radical (unpaired) electrons. The lowest BCUT2D eigenvalue weighted by atomic mass is 9.94. The molecule has 0 spiro atoms. The fraction of sp³-hybridized carbons (Fsp3) is 0.179. The molecular weight excluding hydrogens is 550 g/mol. The molecule has 38 heavy (non-hydrogen) atoms. The summed E-state index contributed by atoms with van der Waals surface area (Å²) >= 11 is 3.66. The topological polar surface area (TPSA) is 99.5 Å². The van der Waals surface area contributed by atoms with Gasteiger partial charge in [-0.05, 0) is 58.2 Å². The smallest absolute Gasteiger partial charge is 0.255 e. The number of rotatable bonds is 8. The highest BCUT2D eigenvalue weighted by atomic mass is 79.9. The molecule has 0 aliphatic carbocycles. The largest absolute Gasteiger partial charge is 0.495 e. The fourth-order valence-electron chi connectivity index (χ4n) is 4.40. The van der Waals surface area contributed by atoms with Crippen molar-refractivity contribution in [1.82, 2.24) is 14.8 Å². The highest BCUT2D eigenvalue weighted by Gasteiger charge is 2.34. The molecule has 0 saturated heterocycles. The summed E-state index contributed by atoms with van der Waals surface area (Å²) in [6.07, 6.45) is 1.45. The van der Waals surface area contributed by atoms with Crippen molar-refractivity contribution in [3.8, 4) is 17.2 Å². The number of carbonyl (C=O) groups is 1. The lowest BCUT2D eigenvalue weighted by Crippen LogP contribution is -2.31. The first-order valence-electron chi connectivity index (χ1n) is 11.9. The predicted molar refractivity (Wildman–Crippen MR) is 148 cm³/mol. The number of carbonyl (C=O) groups excluding carboxylic acids is 1. The van der Waals surface area contributed by atoms with Crippen LogP contribution in [-0.4, -0.2) is 34.9 Å². The second-order valence-corrected chi connectivity index (χ2v) is 9.41. The van der Waals surface area contributed by atoms with Crippen molar-refractivity contribution in [2.24, 2.45) is 0 Å². The fourth-order valence-corrected chi connectivity index (χ4v) is 4.97. The van der Waals surface area contributed by atoms with Crippen LogP contribution in [0.2, 0.25) is 0 Å². The van der Waals surface area contributed by atoms with E-state index in [1.165, 1.54) is 6.33 Å². The number of fused-ring (bicyclic) bond motifs is 1. The summed E-state index contributed by atoms with van der Waals surface area (Å²) in [5.74, 6) is 1.87.